The highest BCUT2D eigenvalue weighted by molar-refractivity contribution is 6.16. The van der Waals surface area contributed by atoms with E-state index >= 15 is 0 Å². The minimum absolute atomic E-state index is 0.257. The van der Waals surface area contributed by atoms with Crippen molar-refractivity contribution in [3.63, 3.8) is 0 Å². The van der Waals surface area contributed by atoms with E-state index in [1.165, 1.54) is 0 Å². The molecule has 1 aromatic carbocycles. The van der Waals surface area contributed by atoms with Crippen LogP contribution in [0.1, 0.15) is 24.6 Å². The Morgan fingerprint density at radius 1 is 1.26 bits per heavy atom. The monoisotopic (exact) mass is 274 g/mol. The van der Waals surface area contributed by atoms with E-state index in [0.29, 0.717) is 5.88 Å². The number of alkyl halides is 1. The molecule has 0 saturated heterocycles. The predicted octanol–water partition coefficient (Wildman–Crippen LogP) is 4.17. The normalized spacial score (nSPS) is 12.9. The first-order chi connectivity index (χ1) is 9.29. The molecule has 0 aliphatic carbocycles. The SMILES string of the molecule is CC(Cc1ccco1)n1c(CCl)nc2ccccc21. The molecule has 0 aliphatic rings. The van der Waals surface area contributed by atoms with Crippen molar-refractivity contribution in [2.45, 2.75) is 25.3 Å². The van der Waals surface area contributed by atoms with Crippen LogP contribution >= 0.6 is 11.6 Å². The fourth-order valence-electron chi connectivity index (χ4n) is 2.49. The average molecular weight is 275 g/mol. The van der Waals surface area contributed by atoms with Gasteiger partial charge < -0.3 is 8.98 Å². The van der Waals surface area contributed by atoms with Gasteiger partial charge in [0.05, 0.1) is 23.2 Å². The third-order valence-corrected chi connectivity index (χ3v) is 3.54. The molecule has 0 aliphatic heterocycles. The number of para-hydroxylation sites is 2. The Bertz CT molecular complexity index is 673. The zero-order valence-corrected chi connectivity index (χ0v) is 11.5. The molecule has 0 spiro atoms. The van der Waals surface area contributed by atoms with Gasteiger partial charge >= 0.3 is 0 Å². The molecule has 3 aromatic rings. The summed E-state index contributed by atoms with van der Waals surface area (Å²) >= 11 is 6.02. The van der Waals surface area contributed by atoms with Gasteiger partial charge in [0.15, 0.2) is 0 Å². The van der Waals surface area contributed by atoms with Gasteiger partial charge in [-0.1, -0.05) is 12.1 Å². The number of imidazole rings is 1. The van der Waals surface area contributed by atoms with Gasteiger partial charge in [0, 0.05) is 12.5 Å². The third kappa shape index (κ3) is 2.26. The topological polar surface area (TPSA) is 31.0 Å². The van der Waals surface area contributed by atoms with Crippen molar-refractivity contribution in [1.29, 1.82) is 0 Å². The highest BCUT2D eigenvalue weighted by Gasteiger charge is 2.16. The first-order valence-corrected chi connectivity index (χ1v) is 6.87. The summed E-state index contributed by atoms with van der Waals surface area (Å²) in [4.78, 5) is 4.58. The maximum Gasteiger partial charge on any atom is 0.125 e. The van der Waals surface area contributed by atoms with Crippen molar-refractivity contribution in [2.24, 2.45) is 0 Å². The van der Waals surface area contributed by atoms with Crippen LogP contribution in [0.3, 0.4) is 0 Å². The molecule has 1 unspecified atom stereocenters. The summed E-state index contributed by atoms with van der Waals surface area (Å²) < 4.78 is 7.62. The van der Waals surface area contributed by atoms with E-state index in [0.717, 1.165) is 29.0 Å². The second-order valence-electron chi connectivity index (χ2n) is 4.65. The third-order valence-electron chi connectivity index (χ3n) is 3.31. The second-order valence-corrected chi connectivity index (χ2v) is 4.92. The zero-order chi connectivity index (χ0) is 13.2. The van der Waals surface area contributed by atoms with Crippen LogP contribution in [-0.4, -0.2) is 9.55 Å². The van der Waals surface area contributed by atoms with Crippen LogP contribution in [0.5, 0.6) is 0 Å². The summed E-state index contributed by atoms with van der Waals surface area (Å²) in [5, 5.41) is 0. The molecule has 2 heterocycles. The summed E-state index contributed by atoms with van der Waals surface area (Å²) in [5.41, 5.74) is 2.11. The first-order valence-electron chi connectivity index (χ1n) is 6.34. The Hall–Kier alpha value is -1.74. The molecule has 0 fully saturated rings. The Kier molecular flexibility index (Phi) is 3.30. The molecule has 4 heteroatoms. The van der Waals surface area contributed by atoms with E-state index in [9.17, 15) is 0 Å². The molecule has 2 aromatic heterocycles. The molecular weight excluding hydrogens is 260 g/mol. The fourth-order valence-corrected chi connectivity index (χ4v) is 2.68. The summed E-state index contributed by atoms with van der Waals surface area (Å²) in [6.45, 7) is 2.16. The van der Waals surface area contributed by atoms with Crippen LogP contribution < -0.4 is 0 Å². The Morgan fingerprint density at radius 2 is 2.11 bits per heavy atom. The van der Waals surface area contributed by atoms with E-state index in [1.54, 1.807) is 6.26 Å². The standard InChI is InChI=1S/C15H15ClN2O/c1-11(9-12-5-4-8-19-12)18-14-7-3-2-6-13(14)17-15(18)10-16/h2-8,11H,9-10H2,1H3. The molecule has 0 radical (unpaired) electrons. The molecule has 0 amide bonds. The van der Waals surface area contributed by atoms with Crippen LogP contribution in [-0.2, 0) is 12.3 Å². The number of benzene rings is 1. The van der Waals surface area contributed by atoms with Gasteiger partial charge in [-0.05, 0) is 31.2 Å². The minimum Gasteiger partial charge on any atom is -0.469 e. The summed E-state index contributed by atoms with van der Waals surface area (Å²) in [5.74, 6) is 2.30. The van der Waals surface area contributed by atoms with Crippen molar-refractivity contribution in [2.75, 3.05) is 0 Å². The molecular formula is C15H15ClN2O. The molecule has 1 atom stereocenters. The van der Waals surface area contributed by atoms with Gasteiger partial charge in [0.25, 0.3) is 0 Å². The van der Waals surface area contributed by atoms with Crippen LogP contribution in [0.25, 0.3) is 11.0 Å². The van der Waals surface area contributed by atoms with Gasteiger partial charge in [-0.15, -0.1) is 11.6 Å². The first kappa shape index (κ1) is 12.3. The van der Waals surface area contributed by atoms with Gasteiger partial charge in [0.1, 0.15) is 11.6 Å². The Labute approximate surface area is 116 Å². The molecule has 19 heavy (non-hydrogen) atoms. The van der Waals surface area contributed by atoms with Crippen molar-refractivity contribution in [1.82, 2.24) is 9.55 Å². The maximum atomic E-state index is 6.02. The number of fused-ring (bicyclic) bond motifs is 1. The smallest absolute Gasteiger partial charge is 0.125 e. The average Bonchev–Trinajstić information content (AvgIpc) is 3.04. The van der Waals surface area contributed by atoms with Gasteiger partial charge in [-0.2, -0.15) is 0 Å². The van der Waals surface area contributed by atoms with E-state index in [-0.39, 0.29) is 6.04 Å². The Morgan fingerprint density at radius 3 is 2.84 bits per heavy atom. The lowest BCUT2D eigenvalue weighted by atomic mass is 10.2. The number of furan rings is 1. The molecule has 3 rings (SSSR count). The molecule has 98 valence electrons. The number of nitrogens with zero attached hydrogens (tertiary/aromatic N) is 2. The van der Waals surface area contributed by atoms with Gasteiger partial charge in [-0.25, -0.2) is 4.98 Å². The lowest BCUT2D eigenvalue weighted by Crippen LogP contribution is -2.10. The minimum atomic E-state index is 0.257. The van der Waals surface area contributed by atoms with E-state index in [1.807, 2.05) is 30.3 Å². The second kappa shape index (κ2) is 5.10. The van der Waals surface area contributed by atoms with E-state index in [2.05, 4.69) is 22.5 Å². The van der Waals surface area contributed by atoms with Crippen LogP contribution in [0.15, 0.2) is 47.1 Å². The van der Waals surface area contributed by atoms with E-state index < -0.39 is 0 Å². The van der Waals surface area contributed by atoms with Crippen molar-refractivity contribution < 1.29 is 4.42 Å². The number of hydrogen-bond donors (Lipinski definition) is 0. The van der Waals surface area contributed by atoms with Crippen LogP contribution in [0, 0.1) is 0 Å². The van der Waals surface area contributed by atoms with E-state index in [4.69, 9.17) is 16.0 Å². The molecule has 0 bridgehead atoms. The Balaban J connectivity index is 2.02. The number of aromatic nitrogens is 2. The summed E-state index contributed by atoms with van der Waals surface area (Å²) in [7, 11) is 0. The predicted molar refractivity (Wildman–Crippen MR) is 76.4 cm³/mol. The molecule has 0 N–H and O–H groups in total. The van der Waals surface area contributed by atoms with Crippen molar-refractivity contribution in [3.05, 3.63) is 54.2 Å². The largest absolute Gasteiger partial charge is 0.469 e. The van der Waals surface area contributed by atoms with Crippen molar-refractivity contribution >= 4 is 22.6 Å². The maximum absolute atomic E-state index is 6.02. The molecule has 0 saturated carbocycles. The number of halogens is 1. The lowest BCUT2D eigenvalue weighted by Gasteiger charge is -2.15. The van der Waals surface area contributed by atoms with Crippen LogP contribution in [0.2, 0.25) is 0 Å². The number of hydrogen-bond acceptors (Lipinski definition) is 2. The summed E-state index contributed by atoms with van der Waals surface area (Å²) in [6, 6.07) is 12.3. The van der Waals surface area contributed by atoms with Crippen LogP contribution in [0.4, 0.5) is 0 Å². The highest BCUT2D eigenvalue weighted by atomic mass is 35.5. The zero-order valence-electron chi connectivity index (χ0n) is 10.7. The number of rotatable bonds is 4. The molecule has 3 nitrogen and oxygen atoms in total. The fraction of sp³-hybridized carbons (Fsp3) is 0.267. The van der Waals surface area contributed by atoms with Gasteiger partial charge in [-0.3, -0.25) is 0 Å². The summed E-state index contributed by atoms with van der Waals surface area (Å²) in [6.07, 6.45) is 2.54. The van der Waals surface area contributed by atoms with Crippen molar-refractivity contribution in [3.8, 4) is 0 Å². The van der Waals surface area contributed by atoms with Gasteiger partial charge in [0.2, 0.25) is 0 Å². The quantitative estimate of drug-likeness (QED) is 0.669. The highest BCUT2D eigenvalue weighted by Crippen LogP contribution is 2.24. The lowest BCUT2D eigenvalue weighted by molar-refractivity contribution is 0.449.